The average molecular weight is 129 g/mol. The van der Waals surface area contributed by atoms with Gasteiger partial charge in [0, 0.05) is 6.42 Å². The summed E-state index contributed by atoms with van der Waals surface area (Å²) in [5.41, 5.74) is 9.86. The van der Waals surface area contributed by atoms with E-state index in [0.717, 1.165) is 6.42 Å². The number of carbonyl (C=O) groups excluding carboxylic acids is 1. The summed E-state index contributed by atoms with van der Waals surface area (Å²) in [6, 6.07) is 0. The largest absolute Gasteiger partial charge is 0.370 e. The molecule has 0 saturated carbocycles. The molecule has 4 heteroatoms. The highest BCUT2D eigenvalue weighted by molar-refractivity contribution is 5.91. The van der Waals surface area contributed by atoms with E-state index in [-0.39, 0.29) is 11.9 Å². The van der Waals surface area contributed by atoms with Crippen molar-refractivity contribution in [2.24, 2.45) is 16.5 Å². The van der Waals surface area contributed by atoms with Crippen LogP contribution in [0.25, 0.3) is 0 Å². The van der Waals surface area contributed by atoms with Crippen molar-refractivity contribution in [3.05, 3.63) is 0 Å². The van der Waals surface area contributed by atoms with Crippen LogP contribution in [0.2, 0.25) is 0 Å². The Balaban J connectivity index is 3.63. The van der Waals surface area contributed by atoms with Gasteiger partial charge in [0.05, 0.1) is 0 Å². The Bertz CT molecular complexity index is 126. The van der Waals surface area contributed by atoms with Crippen LogP contribution in [0.5, 0.6) is 0 Å². The minimum atomic E-state index is -0.252. The van der Waals surface area contributed by atoms with Crippen molar-refractivity contribution in [1.82, 2.24) is 0 Å². The fourth-order valence-electron chi connectivity index (χ4n) is 0.414. The van der Waals surface area contributed by atoms with Crippen LogP contribution in [0, 0.1) is 0 Å². The molecule has 0 aliphatic rings. The minimum Gasteiger partial charge on any atom is -0.370 e. The highest BCUT2D eigenvalue weighted by atomic mass is 16.1. The minimum absolute atomic E-state index is 0.159. The van der Waals surface area contributed by atoms with Crippen molar-refractivity contribution >= 4 is 11.9 Å². The number of carbonyl (C=O) groups is 1. The van der Waals surface area contributed by atoms with Gasteiger partial charge in [0.25, 0.3) is 0 Å². The molecule has 0 heterocycles. The summed E-state index contributed by atoms with van der Waals surface area (Å²) in [5, 5.41) is 0. The van der Waals surface area contributed by atoms with E-state index in [4.69, 9.17) is 11.5 Å². The highest BCUT2D eigenvalue weighted by Crippen LogP contribution is 1.88. The van der Waals surface area contributed by atoms with Crippen LogP contribution in [0.1, 0.15) is 19.8 Å². The Morgan fingerprint density at radius 3 is 2.44 bits per heavy atom. The topological polar surface area (TPSA) is 81.5 Å². The summed E-state index contributed by atoms with van der Waals surface area (Å²) < 4.78 is 0. The number of nitrogens with zero attached hydrogens (tertiary/aromatic N) is 1. The number of nitrogens with two attached hydrogens (primary N) is 2. The first-order valence-corrected chi connectivity index (χ1v) is 2.79. The molecule has 0 saturated heterocycles. The Morgan fingerprint density at radius 1 is 1.56 bits per heavy atom. The zero-order valence-electron chi connectivity index (χ0n) is 5.42. The molecular weight excluding hydrogens is 118 g/mol. The van der Waals surface area contributed by atoms with Crippen LogP contribution in [-0.4, -0.2) is 11.9 Å². The van der Waals surface area contributed by atoms with E-state index in [1.54, 1.807) is 0 Å². The van der Waals surface area contributed by atoms with Gasteiger partial charge in [0.1, 0.15) is 0 Å². The molecule has 9 heavy (non-hydrogen) atoms. The molecule has 1 amide bonds. The van der Waals surface area contributed by atoms with Crippen molar-refractivity contribution in [2.75, 3.05) is 0 Å². The Labute approximate surface area is 53.9 Å². The molecule has 0 unspecified atom stereocenters. The van der Waals surface area contributed by atoms with E-state index in [2.05, 4.69) is 4.99 Å². The van der Waals surface area contributed by atoms with Gasteiger partial charge in [-0.25, -0.2) is 0 Å². The van der Waals surface area contributed by atoms with Crippen LogP contribution in [-0.2, 0) is 4.79 Å². The molecule has 0 radical (unpaired) electrons. The van der Waals surface area contributed by atoms with Crippen LogP contribution in [0.4, 0.5) is 0 Å². The summed E-state index contributed by atoms with van der Waals surface area (Å²) in [4.78, 5) is 13.8. The van der Waals surface area contributed by atoms with E-state index < -0.39 is 0 Å². The molecule has 0 bridgehead atoms. The van der Waals surface area contributed by atoms with E-state index in [1.165, 1.54) is 0 Å². The Hall–Kier alpha value is -1.06. The lowest BCUT2D eigenvalue weighted by Gasteiger charge is -1.89. The van der Waals surface area contributed by atoms with Gasteiger partial charge in [-0.15, -0.1) is 0 Å². The quantitative estimate of drug-likeness (QED) is 0.392. The van der Waals surface area contributed by atoms with Crippen LogP contribution in [0.3, 0.4) is 0 Å². The third-order valence-corrected chi connectivity index (χ3v) is 0.718. The molecule has 0 fully saturated rings. The maximum Gasteiger partial charge on any atom is 0.248 e. The molecule has 0 aromatic carbocycles. The van der Waals surface area contributed by atoms with Gasteiger partial charge in [-0.3, -0.25) is 4.79 Å². The Kier molecular flexibility index (Phi) is 3.43. The summed E-state index contributed by atoms with van der Waals surface area (Å²) in [5.74, 6) is -0.411. The molecule has 0 rings (SSSR count). The standard InChI is InChI=1S/C5H11N3O/c1-2-3-4(9)8-5(6)7/h2-3H2,1H3,(H4,6,7,8,9). The number of hydrogen-bond acceptors (Lipinski definition) is 1. The average Bonchev–Trinajstić information content (AvgIpc) is 1.63. The molecule has 4 nitrogen and oxygen atoms in total. The fourth-order valence-corrected chi connectivity index (χ4v) is 0.414. The fraction of sp³-hybridized carbons (Fsp3) is 0.600. The SMILES string of the molecule is CCCC(=O)N=C(N)N. The van der Waals surface area contributed by atoms with Gasteiger partial charge in [-0.2, -0.15) is 4.99 Å². The first-order valence-electron chi connectivity index (χ1n) is 2.79. The second kappa shape index (κ2) is 3.88. The van der Waals surface area contributed by atoms with Gasteiger partial charge in [-0.05, 0) is 6.42 Å². The number of hydrogen-bond donors (Lipinski definition) is 2. The maximum atomic E-state index is 10.5. The second-order valence-corrected chi connectivity index (χ2v) is 1.68. The lowest BCUT2D eigenvalue weighted by Crippen LogP contribution is -2.24. The van der Waals surface area contributed by atoms with Crippen molar-refractivity contribution in [2.45, 2.75) is 19.8 Å². The zero-order valence-corrected chi connectivity index (χ0v) is 5.42. The van der Waals surface area contributed by atoms with Gasteiger partial charge in [0.2, 0.25) is 5.91 Å². The van der Waals surface area contributed by atoms with Crippen LogP contribution < -0.4 is 11.5 Å². The lowest BCUT2D eigenvalue weighted by atomic mass is 10.3. The van der Waals surface area contributed by atoms with E-state index >= 15 is 0 Å². The molecule has 0 aliphatic heterocycles. The predicted molar refractivity (Wildman–Crippen MR) is 35.7 cm³/mol. The van der Waals surface area contributed by atoms with Crippen molar-refractivity contribution in [3.8, 4) is 0 Å². The third kappa shape index (κ3) is 4.80. The van der Waals surface area contributed by atoms with Crippen LogP contribution >= 0.6 is 0 Å². The van der Waals surface area contributed by atoms with E-state index in [1.807, 2.05) is 6.92 Å². The van der Waals surface area contributed by atoms with E-state index in [9.17, 15) is 4.79 Å². The Morgan fingerprint density at radius 2 is 2.11 bits per heavy atom. The summed E-state index contributed by atoms with van der Waals surface area (Å²) in [7, 11) is 0. The number of guanidine groups is 1. The van der Waals surface area contributed by atoms with Crippen molar-refractivity contribution in [3.63, 3.8) is 0 Å². The molecule has 0 aromatic heterocycles. The van der Waals surface area contributed by atoms with Crippen molar-refractivity contribution in [1.29, 1.82) is 0 Å². The van der Waals surface area contributed by atoms with E-state index in [0.29, 0.717) is 6.42 Å². The first-order chi connectivity index (χ1) is 4.16. The molecule has 4 N–H and O–H groups in total. The molecule has 0 aliphatic carbocycles. The normalized spacial score (nSPS) is 8.56. The third-order valence-electron chi connectivity index (χ3n) is 0.718. The molecular formula is C5H11N3O. The molecule has 0 spiro atoms. The van der Waals surface area contributed by atoms with Crippen molar-refractivity contribution < 1.29 is 4.79 Å². The monoisotopic (exact) mass is 129 g/mol. The lowest BCUT2D eigenvalue weighted by molar-refractivity contribution is -0.117. The zero-order chi connectivity index (χ0) is 7.28. The van der Waals surface area contributed by atoms with Crippen LogP contribution in [0.15, 0.2) is 4.99 Å². The smallest absolute Gasteiger partial charge is 0.248 e. The maximum absolute atomic E-state index is 10.5. The second-order valence-electron chi connectivity index (χ2n) is 1.68. The predicted octanol–water partition coefficient (Wildman–Crippen LogP) is -0.413. The number of aliphatic imine (C=N–C) groups is 1. The number of amides is 1. The first kappa shape index (κ1) is 7.94. The summed E-state index contributed by atoms with van der Waals surface area (Å²) in [6.45, 7) is 1.89. The van der Waals surface area contributed by atoms with Gasteiger partial charge in [0.15, 0.2) is 5.96 Å². The molecule has 52 valence electrons. The van der Waals surface area contributed by atoms with Gasteiger partial charge in [-0.1, -0.05) is 6.92 Å². The van der Waals surface area contributed by atoms with Gasteiger partial charge >= 0.3 is 0 Å². The summed E-state index contributed by atoms with van der Waals surface area (Å²) >= 11 is 0. The summed E-state index contributed by atoms with van der Waals surface area (Å²) in [6.07, 6.45) is 1.19. The number of rotatable bonds is 2. The molecule has 0 atom stereocenters. The molecule has 0 aromatic rings. The van der Waals surface area contributed by atoms with Gasteiger partial charge < -0.3 is 11.5 Å². The highest BCUT2D eigenvalue weighted by Gasteiger charge is 1.94.